The lowest BCUT2D eigenvalue weighted by atomic mass is 10.0. The molecule has 21 heavy (non-hydrogen) atoms. The van der Waals surface area contributed by atoms with Crippen LogP contribution in [0.3, 0.4) is 0 Å². The first-order valence-electron chi connectivity index (χ1n) is 6.99. The lowest BCUT2D eigenvalue weighted by Gasteiger charge is -2.15. The number of carbonyl (C=O) groups excluding carboxylic acids is 1. The quantitative estimate of drug-likeness (QED) is 0.846. The van der Waals surface area contributed by atoms with Gasteiger partial charge in [-0.1, -0.05) is 32.0 Å². The van der Waals surface area contributed by atoms with Crippen LogP contribution in [0.15, 0.2) is 33.5 Å². The maximum Gasteiger partial charge on any atom is 0.360 e. The Labute approximate surface area is 123 Å². The van der Waals surface area contributed by atoms with E-state index in [9.17, 15) is 9.59 Å². The van der Waals surface area contributed by atoms with Crippen molar-refractivity contribution in [3.05, 3.63) is 40.2 Å². The van der Waals surface area contributed by atoms with Crippen molar-refractivity contribution < 1.29 is 9.21 Å². The first-order valence-corrected chi connectivity index (χ1v) is 6.99. The van der Waals surface area contributed by atoms with Gasteiger partial charge in [0.05, 0.1) is 6.04 Å². The molecule has 5 heteroatoms. The van der Waals surface area contributed by atoms with Crippen LogP contribution in [0.1, 0.15) is 25.8 Å². The molecule has 0 aliphatic carbocycles. The topological polar surface area (TPSA) is 85.3 Å². The summed E-state index contributed by atoms with van der Waals surface area (Å²) in [6, 6.07) is 6.57. The van der Waals surface area contributed by atoms with Crippen molar-refractivity contribution in [1.29, 1.82) is 0 Å². The van der Waals surface area contributed by atoms with E-state index in [2.05, 4.69) is 5.32 Å². The number of amides is 1. The maximum absolute atomic E-state index is 12.1. The van der Waals surface area contributed by atoms with Crippen LogP contribution < -0.4 is 16.7 Å². The molecule has 0 spiro atoms. The summed E-state index contributed by atoms with van der Waals surface area (Å²) >= 11 is 0. The predicted molar refractivity (Wildman–Crippen MR) is 83.3 cm³/mol. The zero-order valence-electron chi connectivity index (χ0n) is 12.5. The van der Waals surface area contributed by atoms with Crippen molar-refractivity contribution in [1.82, 2.24) is 0 Å². The van der Waals surface area contributed by atoms with Crippen molar-refractivity contribution in [3.63, 3.8) is 0 Å². The highest BCUT2D eigenvalue weighted by Gasteiger charge is 2.19. The molecule has 1 atom stereocenters. The van der Waals surface area contributed by atoms with E-state index in [1.165, 1.54) is 0 Å². The summed E-state index contributed by atoms with van der Waals surface area (Å²) in [6.07, 6.45) is 0.559. The van der Waals surface area contributed by atoms with Gasteiger partial charge in [-0.05, 0) is 30.9 Å². The molecule has 2 aromatic rings. The number of para-hydroxylation sites is 1. The Morgan fingerprint density at radius 2 is 2.00 bits per heavy atom. The van der Waals surface area contributed by atoms with Crippen LogP contribution in [-0.2, 0) is 4.79 Å². The van der Waals surface area contributed by atoms with E-state index in [0.717, 1.165) is 5.39 Å². The van der Waals surface area contributed by atoms with Gasteiger partial charge in [0.25, 0.3) is 0 Å². The Bertz CT molecular complexity index is 719. The van der Waals surface area contributed by atoms with Crippen LogP contribution >= 0.6 is 0 Å². The number of aryl methyl sites for hydroxylation is 1. The Morgan fingerprint density at radius 3 is 2.67 bits per heavy atom. The lowest BCUT2D eigenvalue weighted by Crippen LogP contribution is -2.37. The number of rotatable bonds is 4. The fourth-order valence-corrected chi connectivity index (χ4v) is 2.28. The van der Waals surface area contributed by atoms with E-state index in [1.807, 2.05) is 26.0 Å². The zero-order chi connectivity index (χ0) is 15.6. The third-order valence-electron chi connectivity index (χ3n) is 3.38. The van der Waals surface area contributed by atoms with Crippen molar-refractivity contribution in [2.45, 2.75) is 33.2 Å². The third-order valence-corrected chi connectivity index (χ3v) is 3.38. The van der Waals surface area contributed by atoms with Gasteiger partial charge in [-0.2, -0.15) is 0 Å². The first-order chi connectivity index (χ1) is 9.90. The average Bonchev–Trinajstić information content (AvgIpc) is 2.42. The molecule has 1 aromatic carbocycles. The molecule has 5 nitrogen and oxygen atoms in total. The summed E-state index contributed by atoms with van der Waals surface area (Å²) in [5.41, 5.74) is 6.63. The number of nitrogens with one attached hydrogen (secondary N) is 1. The molecular formula is C16H20N2O3. The SMILES string of the molecule is Cc1c(NC(=O)[C@@H](N)CC(C)C)c(=O)oc2ccccc12. The van der Waals surface area contributed by atoms with E-state index in [1.54, 1.807) is 19.1 Å². The van der Waals surface area contributed by atoms with Crippen LogP contribution in [0.5, 0.6) is 0 Å². The van der Waals surface area contributed by atoms with E-state index < -0.39 is 11.7 Å². The molecule has 112 valence electrons. The van der Waals surface area contributed by atoms with Gasteiger partial charge in [0.15, 0.2) is 0 Å². The molecule has 1 aromatic heterocycles. The minimum absolute atomic E-state index is 0.165. The molecule has 2 rings (SSSR count). The highest BCUT2D eigenvalue weighted by molar-refractivity contribution is 5.97. The maximum atomic E-state index is 12.1. The molecule has 0 bridgehead atoms. The van der Waals surface area contributed by atoms with Gasteiger partial charge in [0, 0.05) is 5.39 Å². The second-order valence-electron chi connectivity index (χ2n) is 5.61. The summed E-state index contributed by atoms with van der Waals surface area (Å²) in [5.74, 6) is -0.0609. The van der Waals surface area contributed by atoms with Gasteiger partial charge in [-0.25, -0.2) is 4.79 Å². The van der Waals surface area contributed by atoms with Crippen LogP contribution in [-0.4, -0.2) is 11.9 Å². The molecule has 0 aliphatic heterocycles. The van der Waals surface area contributed by atoms with Crippen molar-refractivity contribution in [2.75, 3.05) is 5.32 Å². The Morgan fingerprint density at radius 1 is 1.33 bits per heavy atom. The Balaban J connectivity index is 2.34. The molecule has 0 saturated heterocycles. The zero-order valence-corrected chi connectivity index (χ0v) is 12.5. The van der Waals surface area contributed by atoms with Crippen LogP contribution in [0.2, 0.25) is 0 Å². The molecule has 3 N–H and O–H groups in total. The number of hydrogen-bond acceptors (Lipinski definition) is 4. The number of hydrogen-bond donors (Lipinski definition) is 2. The standard InChI is InChI=1S/C16H20N2O3/c1-9(2)8-12(17)15(19)18-14-10(3)11-6-4-5-7-13(11)21-16(14)20/h4-7,9,12H,8,17H2,1-3H3,(H,18,19)/t12-/m0/s1. The monoisotopic (exact) mass is 288 g/mol. The molecular weight excluding hydrogens is 268 g/mol. The number of anilines is 1. The molecule has 0 unspecified atom stereocenters. The normalized spacial score (nSPS) is 12.6. The average molecular weight is 288 g/mol. The van der Waals surface area contributed by atoms with E-state index >= 15 is 0 Å². The fraction of sp³-hybridized carbons (Fsp3) is 0.375. The highest BCUT2D eigenvalue weighted by Crippen LogP contribution is 2.22. The summed E-state index contributed by atoms with van der Waals surface area (Å²) in [4.78, 5) is 24.1. The van der Waals surface area contributed by atoms with Gasteiger partial charge in [-0.15, -0.1) is 0 Å². The van der Waals surface area contributed by atoms with E-state index in [0.29, 0.717) is 23.5 Å². The summed E-state index contributed by atoms with van der Waals surface area (Å²) < 4.78 is 5.22. The highest BCUT2D eigenvalue weighted by atomic mass is 16.4. The lowest BCUT2D eigenvalue weighted by molar-refractivity contribution is -0.117. The first kappa shape index (κ1) is 15.3. The van der Waals surface area contributed by atoms with Crippen molar-refractivity contribution in [2.24, 2.45) is 11.7 Å². The second kappa shape index (κ2) is 6.10. The van der Waals surface area contributed by atoms with Gasteiger partial charge < -0.3 is 15.5 Å². The predicted octanol–water partition coefficient (Wildman–Crippen LogP) is 2.41. The molecule has 1 amide bonds. The Hall–Kier alpha value is -2.14. The largest absolute Gasteiger partial charge is 0.421 e. The van der Waals surface area contributed by atoms with Crippen molar-refractivity contribution in [3.8, 4) is 0 Å². The summed E-state index contributed by atoms with van der Waals surface area (Å²) in [5, 5.41) is 3.40. The molecule has 0 radical (unpaired) electrons. The second-order valence-corrected chi connectivity index (χ2v) is 5.61. The van der Waals surface area contributed by atoms with Crippen LogP contribution in [0, 0.1) is 12.8 Å². The van der Waals surface area contributed by atoms with Crippen LogP contribution in [0.4, 0.5) is 5.69 Å². The number of nitrogens with two attached hydrogens (primary N) is 1. The van der Waals surface area contributed by atoms with E-state index in [-0.39, 0.29) is 11.6 Å². The van der Waals surface area contributed by atoms with Gasteiger partial charge in [0.1, 0.15) is 11.3 Å². The minimum atomic E-state index is -0.643. The molecule has 1 heterocycles. The fourth-order valence-electron chi connectivity index (χ4n) is 2.28. The molecule has 0 fully saturated rings. The third kappa shape index (κ3) is 3.31. The minimum Gasteiger partial charge on any atom is -0.421 e. The van der Waals surface area contributed by atoms with E-state index in [4.69, 9.17) is 10.2 Å². The van der Waals surface area contributed by atoms with Gasteiger partial charge in [0.2, 0.25) is 5.91 Å². The number of fused-ring (bicyclic) bond motifs is 1. The van der Waals surface area contributed by atoms with Gasteiger partial charge in [-0.3, -0.25) is 4.79 Å². The number of carbonyl (C=O) groups is 1. The molecule has 0 saturated carbocycles. The Kier molecular flexibility index (Phi) is 4.43. The molecule has 0 aliphatic rings. The summed E-state index contributed by atoms with van der Waals surface area (Å²) in [6.45, 7) is 5.76. The summed E-state index contributed by atoms with van der Waals surface area (Å²) in [7, 11) is 0. The number of benzene rings is 1. The van der Waals surface area contributed by atoms with Crippen molar-refractivity contribution >= 4 is 22.6 Å². The van der Waals surface area contributed by atoms with Crippen LogP contribution in [0.25, 0.3) is 11.0 Å². The van der Waals surface area contributed by atoms with Gasteiger partial charge >= 0.3 is 5.63 Å². The smallest absolute Gasteiger partial charge is 0.360 e.